The first-order valence-corrected chi connectivity index (χ1v) is 8.15. The lowest BCUT2D eigenvalue weighted by Crippen LogP contribution is -2.44. The Kier molecular flexibility index (Phi) is 4.07. The molecule has 2 aliphatic rings. The molecule has 0 aliphatic heterocycles. The van der Waals surface area contributed by atoms with Crippen LogP contribution in [-0.4, -0.2) is 23.9 Å². The van der Waals surface area contributed by atoms with Gasteiger partial charge >= 0.3 is 0 Å². The van der Waals surface area contributed by atoms with E-state index in [1.54, 1.807) is 4.90 Å². The summed E-state index contributed by atoms with van der Waals surface area (Å²) in [6.07, 6.45) is 5.37. The van der Waals surface area contributed by atoms with Gasteiger partial charge in [0.1, 0.15) is 11.5 Å². The first-order chi connectivity index (χ1) is 10.1. The molecule has 0 radical (unpaired) electrons. The molecular weight excluding hydrogens is 264 g/mol. The Morgan fingerprint density at radius 3 is 2.76 bits per heavy atom. The lowest BCUT2D eigenvalue weighted by molar-refractivity contribution is -0.136. The molecule has 4 unspecified atom stereocenters. The molecule has 2 N–H and O–H groups in total. The Labute approximate surface area is 126 Å². The Hall–Kier alpha value is -1.29. The highest BCUT2D eigenvalue weighted by Crippen LogP contribution is 2.47. The van der Waals surface area contributed by atoms with E-state index in [4.69, 9.17) is 10.2 Å². The van der Waals surface area contributed by atoms with E-state index in [2.05, 4.69) is 13.0 Å². The van der Waals surface area contributed by atoms with Crippen molar-refractivity contribution in [1.82, 2.24) is 4.90 Å². The minimum absolute atomic E-state index is 0.0124. The average Bonchev–Trinajstić information content (AvgIpc) is 3.01. The maximum absolute atomic E-state index is 12.5. The van der Waals surface area contributed by atoms with Crippen molar-refractivity contribution in [2.45, 2.75) is 57.5 Å². The lowest BCUT2D eigenvalue weighted by atomic mass is 9.84. The SMILES string of the molecule is CC1CC1c1ccc(CN(C)C(=O)C2CCCCC2N)o1. The number of nitrogens with zero attached hydrogens (tertiary/aromatic N) is 1. The van der Waals surface area contributed by atoms with Crippen molar-refractivity contribution in [2.24, 2.45) is 17.6 Å². The minimum Gasteiger partial charge on any atom is -0.464 e. The molecule has 2 saturated carbocycles. The second kappa shape index (κ2) is 5.84. The van der Waals surface area contributed by atoms with Crippen LogP contribution in [0.4, 0.5) is 0 Å². The van der Waals surface area contributed by atoms with Crippen molar-refractivity contribution >= 4 is 5.91 Å². The molecule has 1 amide bonds. The first-order valence-electron chi connectivity index (χ1n) is 8.15. The van der Waals surface area contributed by atoms with Crippen LogP contribution in [0.2, 0.25) is 0 Å². The molecule has 0 saturated heterocycles. The number of nitrogens with two attached hydrogens (primary N) is 1. The summed E-state index contributed by atoms with van der Waals surface area (Å²) >= 11 is 0. The third kappa shape index (κ3) is 3.15. The number of carbonyl (C=O) groups excluding carboxylic acids is 1. The molecule has 1 aromatic heterocycles. The minimum atomic E-state index is -0.0124. The highest BCUT2D eigenvalue weighted by atomic mass is 16.3. The Morgan fingerprint density at radius 2 is 2.10 bits per heavy atom. The van der Waals surface area contributed by atoms with Crippen LogP contribution >= 0.6 is 0 Å². The molecule has 3 rings (SSSR count). The van der Waals surface area contributed by atoms with Crippen LogP contribution in [0.15, 0.2) is 16.5 Å². The lowest BCUT2D eigenvalue weighted by Gasteiger charge is -2.30. The normalized spacial score (nSPS) is 32.0. The summed E-state index contributed by atoms with van der Waals surface area (Å²) in [5.41, 5.74) is 6.11. The molecule has 4 nitrogen and oxygen atoms in total. The van der Waals surface area contributed by atoms with Gasteiger partial charge in [0.15, 0.2) is 0 Å². The number of hydrogen-bond acceptors (Lipinski definition) is 3. The van der Waals surface area contributed by atoms with E-state index in [9.17, 15) is 4.79 Å². The zero-order valence-corrected chi connectivity index (χ0v) is 13.0. The second-order valence-electron chi connectivity index (χ2n) is 6.87. The first kappa shape index (κ1) is 14.6. The fourth-order valence-corrected chi connectivity index (χ4v) is 3.46. The van der Waals surface area contributed by atoms with E-state index in [-0.39, 0.29) is 17.9 Å². The van der Waals surface area contributed by atoms with Crippen molar-refractivity contribution < 1.29 is 9.21 Å². The van der Waals surface area contributed by atoms with Crippen LogP contribution in [0, 0.1) is 11.8 Å². The fourth-order valence-electron chi connectivity index (χ4n) is 3.46. The molecule has 2 aliphatic carbocycles. The van der Waals surface area contributed by atoms with Gasteiger partial charge in [0.25, 0.3) is 0 Å². The van der Waals surface area contributed by atoms with Crippen molar-refractivity contribution in [3.05, 3.63) is 23.7 Å². The third-order valence-corrected chi connectivity index (χ3v) is 5.06. The van der Waals surface area contributed by atoms with Crippen molar-refractivity contribution in [3.63, 3.8) is 0 Å². The van der Waals surface area contributed by atoms with Crippen LogP contribution < -0.4 is 5.73 Å². The summed E-state index contributed by atoms with van der Waals surface area (Å²) in [5, 5.41) is 0. The summed E-state index contributed by atoms with van der Waals surface area (Å²) in [5.74, 6) is 3.44. The molecule has 4 heteroatoms. The number of furan rings is 1. The van der Waals surface area contributed by atoms with Gasteiger partial charge in [-0.15, -0.1) is 0 Å². The molecule has 2 fully saturated rings. The Morgan fingerprint density at radius 1 is 1.38 bits per heavy atom. The molecule has 0 bridgehead atoms. The molecule has 1 aromatic rings. The van der Waals surface area contributed by atoms with Gasteiger partial charge in [-0.05, 0) is 37.3 Å². The second-order valence-corrected chi connectivity index (χ2v) is 6.87. The van der Waals surface area contributed by atoms with Gasteiger partial charge in [-0.2, -0.15) is 0 Å². The van der Waals surface area contributed by atoms with Gasteiger partial charge in [-0.25, -0.2) is 0 Å². The van der Waals surface area contributed by atoms with E-state index in [0.29, 0.717) is 12.5 Å². The molecule has 1 heterocycles. The van der Waals surface area contributed by atoms with Crippen LogP contribution in [0.1, 0.15) is 56.5 Å². The largest absolute Gasteiger partial charge is 0.464 e. The van der Waals surface area contributed by atoms with E-state index in [0.717, 1.165) is 43.1 Å². The molecule has 0 spiro atoms. The molecule has 0 aromatic carbocycles. The van der Waals surface area contributed by atoms with Crippen LogP contribution in [0.5, 0.6) is 0 Å². The standard InChI is InChI=1S/C17H26N2O2/c1-11-9-14(11)16-8-7-12(21-16)10-19(2)17(20)13-5-3-4-6-15(13)18/h7-8,11,13-15H,3-6,9-10,18H2,1-2H3. The van der Waals surface area contributed by atoms with Gasteiger partial charge in [-0.3, -0.25) is 4.79 Å². The van der Waals surface area contributed by atoms with E-state index in [1.807, 2.05) is 13.1 Å². The average molecular weight is 290 g/mol. The summed E-state index contributed by atoms with van der Waals surface area (Å²) in [7, 11) is 1.85. The summed E-state index contributed by atoms with van der Waals surface area (Å²) in [4.78, 5) is 14.3. The predicted octanol–water partition coefficient (Wildman–Crippen LogP) is 2.88. The molecule has 116 valence electrons. The molecule has 21 heavy (non-hydrogen) atoms. The molecular formula is C17H26N2O2. The maximum atomic E-state index is 12.5. The zero-order chi connectivity index (χ0) is 15.0. The summed E-state index contributed by atoms with van der Waals surface area (Å²) in [6, 6.07) is 4.09. The number of carbonyl (C=O) groups is 1. The highest BCUT2D eigenvalue weighted by molar-refractivity contribution is 5.79. The van der Waals surface area contributed by atoms with Gasteiger partial charge in [0, 0.05) is 19.0 Å². The number of rotatable bonds is 4. The van der Waals surface area contributed by atoms with Crippen LogP contribution in [-0.2, 0) is 11.3 Å². The summed E-state index contributed by atoms with van der Waals surface area (Å²) < 4.78 is 5.89. The van der Waals surface area contributed by atoms with E-state index >= 15 is 0 Å². The third-order valence-electron chi connectivity index (χ3n) is 5.06. The Balaban J connectivity index is 1.58. The van der Waals surface area contributed by atoms with Gasteiger partial charge < -0.3 is 15.1 Å². The zero-order valence-electron chi connectivity index (χ0n) is 13.0. The smallest absolute Gasteiger partial charge is 0.227 e. The Bertz CT molecular complexity index is 511. The fraction of sp³-hybridized carbons (Fsp3) is 0.706. The molecule has 4 atom stereocenters. The summed E-state index contributed by atoms with van der Waals surface area (Å²) in [6.45, 7) is 2.79. The number of amides is 1. The van der Waals surface area contributed by atoms with Gasteiger partial charge in [0.2, 0.25) is 5.91 Å². The quantitative estimate of drug-likeness (QED) is 0.927. The van der Waals surface area contributed by atoms with Gasteiger partial charge in [-0.1, -0.05) is 19.8 Å². The van der Waals surface area contributed by atoms with Crippen molar-refractivity contribution in [3.8, 4) is 0 Å². The van der Waals surface area contributed by atoms with Crippen molar-refractivity contribution in [2.75, 3.05) is 7.05 Å². The number of hydrogen-bond donors (Lipinski definition) is 1. The van der Waals surface area contributed by atoms with Crippen LogP contribution in [0.3, 0.4) is 0 Å². The topological polar surface area (TPSA) is 59.5 Å². The van der Waals surface area contributed by atoms with Gasteiger partial charge in [0.05, 0.1) is 12.5 Å². The van der Waals surface area contributed by atoms with E-state index < -0.39 is 0 Å². The highest BCUT2D eigenvalue weighted by Gasteiger charge is 2.37. The van der Waals surface area contributed by atoms with Crippen molar-refractivity contribution in [1.29, 1.82) is 0 Å². The maximum Gasteiger partial charge on any atom is 0.227 e. The monoisotopic (exact) mass is 290 g/mol. The van der Waals surface area contributed by atoms with Crippen LogP contribution in [0.25, 0.3) is 0 Å². The predicted molar refractivity (Wildman–Crippen MR) is 81.6 cm³/mol. The van der Waals surface area contributed by atoms with E-state index in [1.165, 1.54) is 6.42 Å².